The summed E-state index contributed by atoms with van der Waals surface area (Å²) in [5.41, 5.74) is 0.696. The summed E-state index contributed by atoms with van der Waals surface area (Å²) in [4.78, 5) is 18.8. The Hall–Kier alpha value is -1.88. The van der Waals surface area contributed by atoms with E-state index in [0.717, 1.165) is 31.7 Å². The SMILES string of the molecule is COc1cccc(C(=O)N2CCC(c3nccs3)CC2)c1. The number of piperidine rings is 1. The van der Waals surface area contributed by atoms with E-state index in [1.807, 2.05) is 34.7 Å². The molecule has 0 aliphatic carbocycles. The van der Waals surface area contributed by atoms with Gasteiger partial charge in [-0.05, 0) is 31.0 Å². The molecule has 0 spiro atoms. The van der Waals surface area contributed by atoms with Crippen LogP contribution >= 0.6 is 11.3 Å². The number of methoxy groups -OCH3 is 1. The Morgan fingerprint density at radius 2 is 2.19 bits per heavy atom. The minimum Gasteiger partial charge on any atom is -0.497 e. The molecule has 0 saturated carbocycles. The number of likely N-dealkylation sites (tertiary alicyclic amines) is 1. The van der Waals surface area contributed by atoms with Crippen molar-refractivity contribution in [3.8, 4) is 5.75 Å². The fourth-order valence-corrected chi connectivity index (χ4v) is 3.52. The van der Waals surface area contributed by atoms with Crippen molar-refractivity contribution in [1.29, 1.82) is 0 Å². The Labute approximate surface area is 128 Å². The van der Waals surface area contributed by atoms with Gasteiger partial charge < -0.3 is 9.64 Å². The Balaban J connectivity index is 1.64. The normalized spacial score (nSPS) is 16.0. The largest absolute Gasteiger partial charge is 0.497 e. The lowest BCUT2D eigenvalue weighted by Gasteiger charge is -2.31. The van der Waals surface area contributed by atoms with Gasteiger partial charge in [-0.25, -0.2) is 4.98 Å². The zero-order valence-electron chi connectivity index (χ0n) is 12.0. The summed E-state index contributed by atoms with van der Waals surface area (Å²) in [7, 11) is 1.61. The average molecular weight is 302 g/mol. The van der Waals surface area contributed by atoms with Gasteiger partial charge in [0.25, 0.3) is 5.91 Å². The lowest BCUT2D eigenvalue weighted by atomic mass is 9.97. The quantitative estimate of drug-likeness (QED) is 0.874. The molecule has 3 rings (SSSR count). The second-order valence-corrected chi connectivity index (χ2v) is 6.09. The van der Waals surface area contributed by atoms with Gasteiger partial charge in [-0.2, -0.15) is 0 Å². The molecule has 1 aliphatic heterocycles. The van der Waals surface area contributed by atoms with E-state index in [1.54, 1.807) is 24.5 Å². The number of carbonyl (C=O) groups is 1. The number of nitrogens with zero attached hydrogens (tertiary/aromatic N) is 2. The minimum atomic E-state index is 0.0893. The number of benzene rings is 1. The van der Waals surface area contributed by atoms with Crippen molar-refractivity contribution < 1.29 is 9.53 Å². The molecule has 1 aromatic carbocycles. The van der Waals surface area contributed by atoms with E-state index in [4.69, 9.17) is 4.74 Å². The highest BCUT2D eigenvalue weighted by Gasteiger charge is 2.25. The Morgan fingerprint density at radius 1 is 1.38 bits per heavy atom. The second-order valence-electron chi connectivity index (χ2n) is 5.17. The highest BCUT2D eigenvalue weighted by molar-refractivity contribution is 7.09. The first kappa shape index (κ1) is 14.1. The van der Waals surface area contributed by atoms with Crippen molar-refractivity contribution in [2.45, 2.75) is 18.8 Å². The van der Waals surface area contributed by atoms with Crippen LogP contribution in [0.2, 0.25) is 0 Å². The Morgan fingerprint density at radius 3 is 2.86 bits per heavy atom. The maximum atomic E-state index is 12.5. The van der Waals surface area contributed by atoms with Crippen LogP contribution in [0.25, 0.3) is 0 Å². The predicted molar refractivity (Wildman–Crippen MR) is 83.0 cm³/mol. The molecule has 0 radical (unpaired) electrons. The zero-order valence-corrected chi connectivity index (χ0v) is 12.8. The van der Waals surface area contributed by atoms with Crippen molar-refractivity contribution in [3.63, 3.8) is 0 Å². The van der Waals surface area contributed by atoms with Gasteiger partial charge in [-0.1, -0.05) is 6.07 Å². The zero-order chi connectivity index (χ0) is 14.7. The van der Waals surface area contributed by atoms with Gasteiger partial charge in [0.15, 0.2) is 0 Å². The van der Waals surface area contributed by atoms with Gasteiger partial charge in [-0.15, -0.1) is 11.3 Å². The van der Waals surface area contributed by atoms with Crippen LogP contribution in [-0.4, -0.2) is 36.0 Å². The first-order valence-electron chi connectivity index (χ1n) is 7.10. The van der Waals surface area contributed by atoms with E-state index in [-0.39, 0.29) is 5.91 Å². The van der Waals surface area contributed by atoms with Crippen molar-refractivity contribution >= 4 is 17.2 Å². The molecular formula is C16H18N2O2S. The van der Waals surface area contributed by atoms with Crippen LogP contribution in [0.1, 0.15) is 34.1 Å². The van der Waals surface area contributed by atoms with Gasteiger partial charge in [-0.3, -0.25) is 4.79 Å². The summed E-state index contributed by atoms with van der Waals surface area (Å²) < 4.78 is 5.18. The molecule has 1 saturated heterocycles. The molecule has 110 valence electrons. The van der Waals surface area contributed by atoms with E-state index >= 15 is 0 Å². The van der Waals surface area contributed by atoms with Crippen LogP contribution < -0.4 is 4.74 Å². The second kappa shape index (κ2) is 6.26. The molecule has 1 aromatic heterocycles. The standard InChI is InChI=1S/C16H18N2O2S/c1-20-14-4-2-3-13(11-14)16(19)18-8-5-12(6-9-18)15-17-7-10-21-15/h2-4,7,10-12H,5-6,8-9H2,1H3. The molecule has 5 heteroatoms. The van der Waals surface area contributed by atoms with Crippen molar-refractivity contribution in [2.75, 3.05) is 20.2 Å². The van der Waals surface area contributed by atoms with E-state index in [2.05, 4.69) is 4.98 Å². The highest BCUT2D eigenvalue weighted by atomic mass is 32.1. The Kier molecular flexibility index (Phi) is 4.20. The summed E-state index contributed by atoms with van der Waals surface area (Å²) in [6.07, 6.45) is 3.83. The molecule has 2 heterocycles. The first-order chi connectivity index (χ1) is 10.3. The van der Waals surface area contributed by atoms with Crippen molar-refractivity contribution in [2.24, 2.45) is 0 Å². The molecule has 2 aromatic rings. The van der Waals surface area contributed by atoms with E-state index < -0.39 is 0 Å². The van der Waals surface area contributed by atoms with Crippen LogP contribution in [0.15, 0.2) is 35.8 Å². The van der Waals surface area contributed by atoms with E-state index in [9.17, 15) is 4.79 Å². The number of amides is 1. The number of carbonyl (C=O) groups excluding carboxylic acids is 1. The molecular weight excluding hydrogens is 284 g/mol. The molecule has 0 unspecified atom stereocenters. The van der Waals surface area contributed by atoms with Gasteiger partial charge in [0, 0.05) is 36.1 Å². The molecule has 1 aliphatic rings. The summed E-state index contributed by atoms with van der Waals surface area (Å²) in [5.74, 6) is 1.31. The number of ether oxygens (including phenoxy) is 1. The molecule has 0 bridgehead atoms. The minimum absolute atomic E-state index is 0.0893. The Bertz CT molecular complexity index is 604. The summed E-state index contributed by atoms with van der Waals surface area (Å²) in [5, 5.41) is 3.21. The number of aromatic nitrogens is 1. The monoisotopic (exact) mass is 302 g/mol. The summed E-state index contributed by atoms with van der Waals surface area (Å²) >= 11 is 1.71. The maximum absolute atomic E-state index is 12.5. The topological polar surface area (TPSA) is 42.4 Å². The van der Waals surface area contributed by atoms with Crippen LogP contribution in [0.3, 0.4) is 0 Å². The van der Waals surface area contributed by atoms with E-state index in [0.29, 0.717) is 11.5 Å². The van der Waals surface area contributed by atoms with Gasteiger partial charge in [0.2, 0.25) is 0 Å². The predicted octanol–water partition coefficient (Wildman–Crippen LogP) is 3.17. The number of rotatable bonds is 3. The fourth-order valence-electron chi connectivity index (χ4n) is 2.70. The van der Waals surface area contributed by atoms with E-state index in [1.165, 1.54) is 5.01 Å². The third-order valence-corrected chi connectivity index (χ3v) is 4.84. The molecule has 21 heavy (non-hydrogen) atoms. The lowest BCUT2D eigenvalue weighted by Crippen LogP contribution is -2.37. The van der Waals surface area contributed by atoms with Crippen molar-refractivity contribution in [1.82, 2.24) is 9.88 Å². The first-order valence-corrected chi connectivity index (χ1v) is 7.98. The van der Waals surface area contributed by atoms with Gasteiger partial charge >= 0.3 is 0 Å². The smallest absolute Gasteiger partial charge is 0.253 e. The van der Waals surface area contributed by atoms with Crippen LogP contribution in [0.5, 0.6) is 5.75 Å². The number of hydrogen-bond acceptors (Lipinski definition) is 4. The van der Waals surface area contributed by atoms with Gasteiger partial charge in [0.05, 0.1) is 12.1 Å². The molecule has 0 N–H and O–H groups in total. The van der Waals surface area contributed by atoms with Gasteiger partial charge in [0.1, 0.15) is 5.75 Å². The molecule has 1 amide bonds. The number of thiazole rings is 1. The average Bonchev–Trinajstić information content (AvgIpc) is 3.09. The molecule has 1 fully saturated rings. The number of hydrogen-bond donors (Lipinski definition) is 0. The summed E-state index contributed by atoms with van der Waals surface area (Å²) in [6, 6.07) is 7.35. The van der Waals surface area contributed by atoms with Crippen LogP contribution in [0.4, 0.5) is 0 Å². The van der Waals surface area contributed by atoms with Crippen molar-refractivity contribution in [3.05, 3.63) is 46.4 Å². The van der Waals surface area contributed by atoms with Crippen LogP contribution in [-0.2, 0) is 0 Å². The molecule has 0 atom stereocenters. The fraction of sp³-hybridized carbons (Fsp3) is 0.375. The summed E-state index contributed by atoms with van der Waals surface area (Å²) in [6.45, 7) is 1.58. The third-order valence-electron chi connectivity index (χ3n) is 3.90. The highest BCUT2D eigenvalue weighted by Crippen LogP contribution is 2.30. The lowest BCUT2D eigenvalue weighted by molar-refractivity contribution is 0.0712. The third kappa shape index (κ3) is 3.08. The molecule has 4 nitrogen and oxygen atoms in total. The van der Waals surface area contributed by atoms with Crippen LogP contribution in [0, 0.1) is 0 Å². The maximum Gasteiger partial charge on any atom is 0.253 e.